The van der Waals surface area contributed by atoms with E-state index < -0.39 is 21.6 Å². The number of fused-ring (bicyclic) bond motifs is 2. The molecule has 0 unspecified atom stereocenters. The Balaban J connectivity index is 1.38. The molecule has 1 heterocycles. The van der Waals surface area contributed by atoms with E-state index in [4.69, 9.17) is 9.15 Å². The number of hydrogen-bond donors (Lipinski definition) is 1. The minimum atomic E-state index is -3.70. The minimum absolute atomic E-state index is 0.0790. The van der Waals surface area contributed by atoms with Crippen LogP contribution in [0.1, 0.15) is 35.1 Å². The molecule has 7 nitrogen and oxygen atoms in total. The molecular weight excluding hydrogens is 418 g/mol. The summed E-state index contributed by atoms with van der Waals surface area (Å²) >= 11 is 0. The van der Waals surface area contributed by atoms with Crippen molar-refractivity contribution in [1.29, 1.82) is 0 Å². The SMILES string of the molecule is Cc1cccc(S(=O)(=O)NCCC(=O)OCc2cc(=O)oc3cc4c(cc23)CCC4)c1. The van der Waals surface area contributed by atoms with Crippen LogP contribution in [0.5, 0.6) is 0 Å². The highest BCUT2D eigenvalue weighted by atomic mass is 32.2. The molecular formula is C23H23NO6S. The van der Waals surface area contributed by atoms with Gasteiger partial charge in [0.15, 0.2) is 0 Å². The Hall–Kier alpha value is -2.97. The largest absolute Gasteiger partial charge is 0.461 e. The summed E-state index contributed by atoms with van der Waals surface area (Å²) in [6, 6.07) is 11.7. The summed E-state index contributed by atoms with van der Waals surface area (Å²) in [5, 5.41) is 0.758. The minimum Gasteiger partial charge on any atom is -0.461 e. The molecule has 4 rings (SSSR count). The Labute approximate surface area is 180 Å². The van der Waals surface area contributed by atoms with Crippen molar-refractivity contribution >= 4 is 27.0 Å². The lowest BCUT2D eigenvalue weighted by molar-refractivity contribution is -0.144. The molecule has 3 aromatic rings. The summed E-state index contributed by atoms with van der Waals surface area (Å²) in [6.45, 7) is 1.64. The maximum atomic E-state index is 12.3. The highest BCUT2D eigenvalue weighted by Crippen LogP contribution is 2.28. The van der Waals surface area contributed by atoms with E-state index in [1.54, 1.807) is 25.1 Å². The lowest BCUT2D eigenvalue weighted by atomic mass is 10.0. The average molecular weight is 442 g/mol. The van der Waals surface area contributed by atoms with E-state index in [0.717, 1.165) is 30.2 Å². The zero-order valence-electron chi connectivity index (χ0n) is 17.1. The van der Waals surface area contributed by atoms with Crippen LogP contribution in [0.15, 0.2) is 56.6 Å². The fourth-order valence-electron chi connectivity index (χ4n) is 3.80. The van der Waals surface area contributed by atoms with Crippen molar-refractivity contribution in [2.45, 2.75) is 44.1 Å². The predicted molar refractivity (Wildman–Crippen MR) is 115 cm³/mol. The van der Waals surface area contributed by atoms with E-state index in [-0.39, 0.29) is 24.5 Å². The average Bonchev–Trinajstić information content (AvgIpc) is 3.17. The number of carbonyl (C=O) groups is 1. The van der Waals surface area contributed by atoms with Crippen LogP contribution in [0.2, 0.25) is 0 Å². The van der Waals surface area contributed by atoms with Gasteiger partial charge in [-0.15, -0.1) is 0 Å². The third kappa shape index (κ3) is 4.86. The van der Waals surface area contributed by atoms with E-state index in [9.17, 15) is 18.0 Å². The van der Waals surface area contributed by atoms with E-state index >= 15 is 0 Å². The molecule has 0 saturated heterocycles. The third-order valence-corrected chi connectivity index (χ3v) is 6.81. The van der Waals surface area contributed by atoms with Gasteiger partial charge in [0.2, 0.25) is 10.0 Å². The molecule has 0 spiro atoms. The second kappa shape index (κ2) is 8.64. The summed E-state index contributed by atoms with van der Waals surface area (Å²) in [6.07, 6.45) is 2.88. The van der Waals surface area contributed by atoms with Crippen molar-refractivity contribution in [2.24, 2.45) is 0 Å². The highest BCUT2D eigenvalue weighted by Gasteiger charge is 2.17. The molecule has 0 atom stereocenters. The van der Waals surface area contributed by atoms with Gasteiger partial charge in [0.25, 0.3) is 0 Å². The number of rotatable bonds is 7. The Kier molecular flexibility index (Phi) is 5.93. The number of carbonyl (C=O) groups excluding carboxylic acids is 1. The fraction of sp³-hybridized carbons (Fsp3) is 0.304. The van der Waals surface area contributed by atoms with Crippen LogP contribution in [-0.2, 0) is 39.0 Å². The van der Waals surface area contributed by atoms with Crippen LogP contribution in [0.3, 0.4) is 0 Å². The molecule has 0 fully saturated rings. The fourth-order valence-corrected chi connectivity index (χ4v) is 4.93. The number of nitrogens with one attached hydrogen (secondary N) is 1. The Morgan fingerprint density at radius 2 is 1.90 bits per heavy atom. The van der Waals surface area contributed by atoms with Gasteiger partial charge < -0.3 is 9.15 Å². The highest BCUT2D eigenvalue weighted by molar-refractivity contribution is 7.89. The third-order valence-electron chi connectivity index (χ3n) is 5.35. The van der Waals surface area contributed by atoms with Gasteiger partial charge >= 0.3 is 11.6 Å². The monoisotopic (exact) mass is 441 g/mol. The molecule has 8 heteroatoms. The zero-order valence-corrected chi connectivity index (χ0v) is 18.0. The van der Waals surface area contributed by atoms with Crippen molar-refractivity contribution in [1.82, 2.24) is 4.72 Å². The quantitative estimate of drug-likeness (QED) is 0.447. The van der Waals surface area contributed by atoms with Crippen molar-refractivity contribution in [3.05, 3.63) is 75.1 Å². The van der Waals surface area contributed by atoms with Crippen LogP contribution in [0.25, 0.3) is 11.0 Å². The first kappa shape index (κ1) is 21.3. The van der Waals surface area contributed by atoms with Crippen LogP contribution >= 0.6 is 0 Å². The van der Waals surface area contributed by atoms with Crippen molar-refractivity contribution < 1.29 is 22.4 Å². The van der Waals surface area contributed by atoms with Gasteiger partial charge in [-0.1, -0.05) is 12.1 Å². The molecule has 2 aromatic carbocycles. The molecule has 0 amide bonds. The predicted octanol–water partition coefficient (Wildman–Crippen LogP) is 3.00. The second-order valence-corrected chi connectivity index (χ2v) is 9.45. The lowest BCUT2D eigenvalue weighted by Crippen LogP contribution is -2.26. The maximum absolute atomic E-state index is 12.3. The molecule has 1 aromatic heterocycles. The smallest absolute Gasteiger partial charge is 0.336 e. The first-order chi connectivity index (χ1) is 14.8. The molecule has 0 bridgehead atoms. The number of sulfonamides is 1. The van der Waals surface area contributed by atoms with Gasteiger partial charge in [-0.25, -0.2) is 17.9 Å². The first-order valence-corrected chi connectivity index (χ1v) is 11.6. The Bertz CT molecular complexity index is 1310. The molecule has 0 saturated carbocycles. The van der Waals surface area contributed by atoms with Gasteiger partial charge in [0.05, 0.1) is 11.3 Å². The summed E-state index contributed by atoms with van der Waals surface area (Å²) in [7, 11) is -3.70. The number of ether oxygens (including phenoxy) is 1. The Morgan fingerprint density at radius 1 is 1.13 bits per heavy atom. The maximum Gasteiger partial charge on any atom is 0.336 e. The molecule has 0 radical (unpaired) electrons. The molecule has 1 N–H and O–H groups in total. The zero-order chi connectivity index (χ0) is 22.0. The number of benzene rings is 2. The first-order valence-electron chi connectivity index (χ1n) is 10.1. The van der Waals surface area contributed by atoms with E-state index in [2.05, 4.69) is 4.72 Å². The molecule has 31 heavy (non-hydrogen) atoms. The van der Waals surface area contributed by atoms with Gasteiger partial charge in [-0.3, -0.25) is 4.79 Å². The number of aryl methyl sites for hydroxylation is 3. The van der Waals surface area contributed by atoms with Crippen molar-refractivity contribution in [3.8, 4) is 0 Å². The van der Waals surface area contributed by atoms with E-state index in [0.29, 0.717) is 11.1 Å². The molecule has 1 aliphatic carbocycles. The summed E-state index contributed by atoms with van der Waals surface area (Å²) in [5.74, 6) is -0.561. The summed E-state index contributed by atoms with van der Waals surface area (Å²) < 4.78 is 37.6. The lowest BCUT2D eigenvalue weighted by Gasteiger charge is -2.10. The van der Waals surface area contributed by atoms with Gasteiger partial charge in [-0.05, 0) is 67.1 Å². The van der Waals surface area contributed by atoms with Crippen LogP contribution in [0, 0.1) is 6.92 Å². The van der Waals surface area contributed by atoms with Crippen molar-refractivity contribution in [2.75, 3.05) is 6.54 Å². The number of esters is 1. The van der Waals surface area contributed by atoms with Crippen molar-refractivity contribution in [3.63, 3.8) is 0 Å². The Morgan fingerprint density at radius 3 is 2.68 bits per heavy atom. The van der Waals surface area contributed by atoms with Gasteiger partial charge in [0, 0.05) is 23.6 Å². The molecule has 162 valence electrons. The second-order valence-electron chi connectivity index (χ2n) is 7.69. The van der Waals surface area contributed by atoms with Crippen LogP contribution in [-0.4, -0.2) is 20.9 Å². The van der Waals surface area contributed by atoms with E-state index in [1.165, 1.54) is 23.3 Å². The summed E-state index contributed by atoms with van der Waals surface area (Å²) in [5.41, 5.74) is 3.81. The number of hydrogen-bond acceptors (Lipinski definition) is 6. The van der Waals surface area contributed by atoms with Crippen LogP contribution < -0.4 is 10.3 Å². The molecule has 0 aliphatic heterocycles. The molecule has 1 aliphatic rings. The summed E-state index contributed by atoms with van der Waals surface area (Å²) in [4.78, 5) is 24.2. The van der Waals surface area contributed by atoms with Gasteiger partial charge in [-0.2, -0.15) is 0 Å². The normalized spacial score (nSPS) is 13.3. The van der Waals surface area contributed by atoms with E-state index in [1.807, 2.05) is 12.1 Å². The topological polar surface area (TPSA) is 103 Å². The van der Waals surface area contributed by atoms with Gasteiger partial charge in [0.1, 0.15) is 12.2 Å². The van der Waals surface area contributed by atoms with Crippen LogP contribution in [0.4, 0.5) is 0 Å². The standard InChI is InChI=1S/C23H23NO6S/c1-15-4-2-7-19(10-15)31(27,28)24-9-8-22(25)29-14-18-13-23(26)30-21-12-17-6-3-5-16(17)11-20(18)21/h2,4,7,10-13,24H,3,5-6,8-9,14H2,1H3.